The van der Waals surface area contributed by atoms with Gasteiger partial charge in [0, 0.05) is 22.2 Å². The van der Waals surface area contributed by atoms with Gasteiger partial charge in [0.15, 0.2) is 0 Å². The molecule has 1 amide bonds. The molecule has 0 bridgehead atoms. The molecule has 0 radical (unpaired) electrons. The average molecular weight is 367 g/mol. The van der Waals surface area contributed by atoms with Crippen molar-refractivity contribution in [2.75, 3.05) is 0 Å². The van der Waals surface area contributed by atoms with E-state index in [0.717, 1.165) is 29.9 Å². The predicted molar refractivity (Wildman–Crippen MR) is 102 cm³/mol. The maximum absolute atomic E-state index is 12.2. The fraction of sp³-hybridized carbons (Fsp3) is 0.238. The first-order valence-electron chi connectivity index (χ1n) is 8.70. The first-order chi connectivity index (χ1) is 12.7. The van der Waals surface area contributed by atoms with Gasteiger partial charge in [0.2, 0.25) is 0 Å². The lowest BCUT2D eigenvalue weighted by atomic mass is 9.74. The SMILES string of the molecule is O=C(N/N=C1\CC2C=CCC12)c1ccc(COc2ccc(Cl)cc2)cc1. The number of nitrogens with zero attached hydrogens (tertiary/aromatic N) is 1. The van der Waals surface area contributed by atoms with Gasteiger partial charge in [0.1, 0.15) is 12.4 Å². The van der Waals surface area contributed by atoms with E-state index in [-0.39, 0.29) is 5.91 Å². The molecule has 1 N–H and O–H groups in total. The number of carbonyl (C=O) groups is 1. The van der Waals surface area contributed by atoms with Crippen LogP contribution in [0.25, 0.3) is 0 Å². The third-order valence-corrected chi connectivity index (χ3v) is 5.15. The molecule has 0 aliphatic heterocycles. The van der Waals surface area contributed by atoms with Crippen molar-refractivity contribution in [1.29, 1.82) is 0 Å². The van der Waals surface area contributed by atoms with Crippen molar-refractivity contribution in [2.45, 2.75) is 19.4 Å². The van der Waals surface area contributed by atoms with Crippen molar-refractivity contribution in [2.24, 2.45) is 16.9 Å². The highest BCUT2D eigenvalue weighted by atomic mass is 35.5. The van der Waals surface area contributed by atoms with Crippen molar-refractivity contribution in [3.63, 3.8) is 0 Å². The Morgan fingerprint density at radius 1 is 1.15 bits per heavy atom. The maximum Gasteiger partial charge on any atom is 0.271 e. The summed E-state index contributed by atoms with van der Waals surface area (Å²) in [5, 5.41) is 4.97. The Bertz CT molecular complexity index is 857. The summed E-state index contributed by atoms with van der Waals surface area (Å²) in [5.74, 6) is 1.71. The van der Waals surface area contributed by atoms with Crippen LogP contribution in [0.15, 0.2) is 65.8 Å². The fourth-order valence-corrected chi connectivity index (χ4v) is 3.43. The normalized spacial score (nSPS) is 22.0. The van der Waals surface area contributed by atoms with Crippen molar-refractivity contribution < 1.29 is 9.53 Å². The molecule has 2 aromatic carbocycles. The van der Waals surface area contributed by atoms with Gasteiger partial charge in [-0.2, -0.15) is 5.10 Å². The fourth-order valence-electron chi connectivity index (χ4n) is 3.30. The van der Waals surface area contributed by atoms with Crippen LogP contribution >= 0.6 is 11.6 Å². The molecule has 4 rings (SSSR count). The number of rotatable bonds is 5. The number of nitrogens with one attached hydrogen (secondary N) is 1. The molecule has 0 heterocycles. The van der Waals surface area contributed by atoms with Crippen LogP contribution in [0.2, 0.25) is 5.02 Å². The average Bonchev–Trinajstić information content (AvgIpc) is 3.02. The maximum atomic E-state index is 12.2. The lowest BCUT2D eigenvalue weighted by molar-refractivity contribution is 0.0954. The van der Waals surface area contributed by atoms with E-state index in [2.05, 4.69) is 22.7 Å². The summed E-state index contributed by atoms with van der Waals surface area (Å²) in [6.07, 6.45) is 6.45. The summed E-state index contributed by atoms with van der Waals surface area (Å²) < 4.78 is 5.70. The van der Waals surface area contributed by atoms with Crippen molar-refractivity contribution >= 4 is 23.2 Å². The van der Waals surface area contributed by atoms with Gasteiger partial charge in [-0.3, -0.25) is 4.79 Å². The summed E-state index contributed by atoms with van der Waals surface area (Å²) >= 11 is 5.85. The number of amides is 1. The standard InChI is InChI=1S/C21H19ClN2O2/c22-17-8-10-18(11-9-17)26-13-14-4-6-15(7-5-14)21(25)24-23-20-12-16-2-1-3-19(16)20/h1-2,4-11,16,19H,3,12-13H2,(H,24,25)/b23-20+. The Labute approximate surface area is 157 Å². The first kappa shape index (κ1) is 16.9. The molecule has 26 heavy (non-hydrogen) atoms. The zero-order valence-corrected chi connectivity index (χ0v) is 14.9. The number of hydrazone groups is 1. The summed E-state index contributed by atoms with van der Waals surface area (Å²) in [5.41, 5.74) is 5.35. The summed E-state index contributed by atoms with van der Waals surface area (Å²) in [6, 6.07) is 14.6. The van der Waals surface area contributed by atoms with Gasteiger partial charge in [-0.15, -0.1) is 0 Å². The zero-order valence-electron chi connectivity index (χ0n) is 14.2. The number of hydrogen-bond acceptors (Lipinski definition) is 3. The van der Waals surface area contributed by atoms with Gasteiger partial charge < -0.3 is 4.74 Å². The summed E-state index contributed by atoms with van der Waals surface area (Å²) in [7, 11) is 0. The third kappa shape index (κ3) is 3.65. The number of ether oxygens (including phenoxy) is 1. The number of carbonyl (C=O) groups excluding carboxylic acids is 1. The summed E-state index contributed by atoms with van der Waals surface area (Å²) in [4.78, 5) is 12.2. The number of allylic oxidation sites excluding steroid dienone is 2. The highest BCUT2D eigenvalue weighted by Crippen LogP contribution is 2.40. The summed E-state index contributed by atoms with van der Waals surface area (Å²) in [6.45, 7) is 0.432. The molecule has 2 aliphatic carbocycles. The molecule has 2 unspecified atom stereocenters. The molecule has 2 aromatic rings. The predicted octanol–water partition coefficient (Wildman–Crippen LogP) is 4.60. The monoisotopic (exact) mass is 366 g/mol. The van der Waals surface area contributed by atoms with E-state index >= 15 is 0 Å². The molecule has 0 aromatic heterocycles. The van der Waals surface area contributed by atoms with E-state index in [9.17, 15) is 4.79 Å². The first-order valence-corrected chi connectivity index (χ1v) is 9.07. The molecule has 0 spiro atoms. The Morgan fingerprint density at radius 2 is 1.92 bits per heavy atom. The number of benzene rings is 2. The van der Waals surface area contributed by atoms with Crippen LogP contribution in [0.5, 0.6) is 5.75 Å². The van der Waals surface area contributed by atoms with Gasteiger partial charge in [-0.05, 0) is 60.7 Å². The van der Waals surface area contributed by atoms with Crippen LogP contribution in [0.4, 0.5) is 0 Å². The Balaban J connectivity index is 1.30. The number of hydrogen-bond donors (Lipinski definition) is 1. The Kier molecular flexibility index (Phi) is 4.76. The van der Waals surface area contributed by atoms with E-state index in [0.29, 0.717) is 29.0 Å². The van der Waals surface area contributed by atoms with E-state index in [4.69, 9.17) is 16.3 Å². The van der Waals surface area contributed by atoms with Crippen LogP contribution in [0.1, 0.15) is 28.8 Å². The molecule has 1 fully saturated rings. The van der Waals surface area contributed by atoms with Crippen LogP contribution in [0.3, 0.4) is 0 Å². The molecule has 1 saturated carbocycles. The Morgan fingerprint density at radius 3 is 2.65 bits per heavy atom. The van der Waals surface area contributed by atoms with Gasteiger partial charge in [0.25, 0.3) is 5.91 Å². The van der Waals surface area contributed by atoms with Crippen LogP contribution in [-0.2, 0) is 6.61 Å². The molecule has 4 nitrogen and oxygen atoms in total. The van der Waals surface area contributed by atoms with Crippen molar-refractivity contribution in [3.8, 4) is 5.75 Å². The number of halogens is 1. The molecule has 5 heteroatoms. The second-order valence-corrected chi connectivity index (χ2v) is 7.06. The quantitative estimate of drug-likeness (QED) is 0.621. The highest BCUT2D eigenvalue weighted by molar-refractivity contribution is 6.30. The third-order valence-electron chi connectivity index (χ3n) is 4.90. The van der Waals surface area contributed by atoms with Crippen LogP contribution in [-0.4, -0.2) is 11.6 Å². The van der Waals surface area contributed by atoms with Gasteiger partial charge in [-0.1, -0.05) is 35.9 Å². The van der Waals surface area contributed by atoms with Crippen LogP contribution < -0.4 is 10.2 Å². The Hall–Kier alpha value is -2.59. The van der Waals surface area contributed by atoms with Gasteiger partial charge >= 0.3 is 0 Å². The number of fused-ring (bicyclic) bond motifs is 1. The van der Waals surface area contributed by atoms with E-state index in [1.807, 2.05) is 24.3 Å². The largest absolute Gasteiger partial charge is 0.489 e. The molecular weight excluding hydrogens is 348 g/mol. The topological polar surface area (TPSA) is 50.7 Å². The minimum absolute atomic E-state index is 0.183. The van der Waals surface area contributed by atoms with Gasteiger partial charge in [-0.25, -0.2) is 5.43 Å². The second-order valence-electron chi connectivity index (χ2n) is 6.62. The van der Waals surface area contributed by atoms with E-state index in [1.165, 1.54) is 0 Å². The van der Waals surface area contributed by atoms with E-state index < -0.39 is 0 Å². The minimum Gasteiger partial charge on any atom is -0.489 e. The lowest BCUT2D eigenvalue weighted by Crippen LogP contribution is -2.35. The zero-order chi connectivity index (χ0) is 17.9. The molecular formula is C21H19ClN2O2. The van der Waals surface area contributed by atoms with Crippen LogP contribution in [0, 0.1) is 11.8 Å². The molecule has 0 saturated heterocycles. The van der Waals surface area contributed by atoms with Gasteiger partial charge in [0.05, 0.1) is 0 Å². The second kappa shape index (κ2) is 7.34. The highest BCUT2D eigenvalue weighted by Gasteiger charge is 2.37. The van der Waals surface area contributed by atoms with E-state index in [1.54, 1.807) is 24.3 Å². The smallest absolute Gasteiger partial charge is 0.271 e. The lowest BCUT2D eigenvalue weighted by Gasteiger charge is -2.31. The molecule has 132 valence electrons. The minimum atomic E-state index is -0.183. The molecule has 2 atom stereocenters. The van der Waals surface area contributed by atoms with Crippen molar-refractivity contribution in [3.05, 3.63) is 76.8 Å². The van der Waals surface area contributed by atoms with Crippen molar-refractivity contribution in [1.82, 2.24) is 5.43 Å². The molecule has 2 aliphatic rings.